The highest BCUT2D eigenvalue weighted by atomic mass is 16.5. The number of aryl methyl sites for hydroxylation is 1. The molecule has 0 saturated carbocycles. The van der Waals surface area contributed by atoms with Crippen molar-refractivity contribution < 1.29 is 19.1 Å². The first kappa shape index (κ1) is 28.6. The average Bonchev–Trinajstić information content (AvgIpc) is 3.25. The minimum absolute atomic E-state index is 0.00469. The quantitative estimate of drug-likeness (QED) is 0.148. The van der Waals surface area contributed by atoms with Crippen molar-refractivity contribution in [2.45, 2.75) is 85.3 Å². The lowest BCUT2D eigenvalue weighted by atomic mass is 9.98. The van der Waals surface area contributed by atoms with Gasteiger partial charge < -0.3 is 14.0 Å². The maximum absolute atomic E-state index is 13.3. The van der Waals surface area contributed by atoms with E-state index in [0.717, 1.165) is 42.1 Å². The number of hydrogen-bond donors (Lipinski definition) is 0. The van der Waals surface area contributed by atoms with Gasteiger partial charge in [-0.2, -0.15) is 0 Å². The van der Waals surface area contributed by atoms with Crippen LogP contribution in [0.15, 0.2) is 54.7 Å². The Morgan fingerprint density at radius 3 is 2.41 bits per heavy atom. The van der Waals surface area contributed by atoms with Gasteiger partial charge in [-0.15, -0.1) is 0 Å². The van der Waals surface area contributed by atoms with Crippen molar-refractivity contribution >= 4 is 22.7 Å². The molecule has 0 N–H and O–H groups in total. The molecule has 1 aromatic heterocycles. The number of aromatic nitrogens is 1. The van der Waals surface area contributed by atoms with Gasteiger partial charge in [0.15, 0.2) is 5.78 Å². The number of hydrogen-bond acceptors (Lipinski definition) is 4. The summed E-state index contributed by atoms with van der Waals surface area (Å²) in [5.74, 6) is 0.536. The number of carbonyl (C=O) groups is 2. The Morgan fingerprint density at radius 2 is 1.70 bits per heavy atom. The molecule has 37 heavy (non-hydrogen) atoms. The Labute approximate surface area is 222 Å². The molecular formula is C32H43NO4. The number of nitrogens with zero attached hydrogens (tertiary/aromatic N) is 1. The van der Waals surface area contributed by atoms with Gasteiger partial charge in [-0.25, -0.2) is 0 Å². The third kappa shape index (κ3) is 8.57. The second-order valence-corrected chi connectivity index (χ2v) is 10.2. The molecule has 0 radical (unpaired) electrons. The maximum Gasteiger partial charge on any atom is 0.305 e. The largest absolute Gasteiger partial charge is 0.466 e. The molecule has 0 aliphatic carbocycles. The molecule has 0 saturated heterocycles. The van der Waals surface area contributed by atoms with Gasteiger partial charge in [-0.05, 0) is 49.3 Å². The summed E-state index contributed by atoms with van der Waals surface area (Å²) >= 11 is 0. The van der Waals surface area contributed by atoms with E-state index >= 15 is 0 Å². The van der Waals surface area contributed by atoms with Crippen LogP contribution in [-0.4, -0.2) is 29.5 Å². The number of carbonyl (C=O) groups excluding carboxylic acids is 2. The number of Topliss-reactive ketones (excluding diaryl/α,β-unsaturated/α-hetero) is 1. The zero-order valence-electron chi connectivity index (χ0n) is 23.0. The van der Waals surface area contributed by atoms with Crippen LogP contribution in [0.4, 0.5) is 0 Å². The molecule has 200 valence electrons. The van der Waals surface area contributed by atoms with E-state index in [-0.39, 0.29) is 17.9 Å². The van der Waals surface area contributed by atoms with E-state index in [0.29, 0.717) is 44.9 Å². The van der Waals surface area contributed by atoms with E-state index < -0.39 is 0 Å². The monoisotopic (exact) mass is 505 g/mol. The van der Waals surface area contributed by atoms with Crippen molar-refractivity contribution in [1.29, 1.82) is 0 Å². The molecule has 0 amide bonds. The fourth-order valence-electron chi connectivity index (χ4n) is 4.78. The Morgan fingerprint density at radius 1 is 0.946 bits per heavy atom. The second kappa shape index (κ2) is 14.7. The van der Waals surface area contributed by atoms with Crippen molar-refractivity contribution in [3.63, 3.8) is 0 Å². The van der Waals surface area contributed by atoms with Gasteiger partial charge in [0.05, 0.1) is 19.3 Å². The van der Waals surface area contributed by atoms with E-state index in [2.05, 4.69) is 49.6 Å². The van der Waals surface area contributed by atoms with Crippen molar-refractivity contribution in [1.82, 2.24) is 4.57 Å². The van der Waals surface area contributed by atoms with Crippen molar-refractivity contribution in [3.8, 4) is 0 Å². The first-order valence-electron chi connectivity index (χ1n) is 13.9. The molecule has 0 aliphatic heterocycles. The van der Waals surface area contributed by atoms with Crippen LogP contribution in [0.2, 0.25) is 0 Å². The van der Waals surface area contributed by atoms with Gasteiger partial charge in [0.2, 0.25) is 0 Å². The van der Waals surface area contributed by atoms with Crippen LogP contribution in [-0.2, 0) is 27.2 Å². The lowest BCUT2D eigenvalue weighted by Crippen LogP contribution is -2.10. The van der Waals surface area contributed by atoms with Crippen LogP contribution < -0.4 is 0 Å². The van der Waals surface area contributed by atoms with Gasteiger partial charge in [-0.3, -0.25) is 9.59 Å². The van der Waals surface area contributed by atoms with Crippen molar-refractivity contribution in [3.05, 3.63) is 71.4 Å². The average molecular weight is 506 g/mol. The molecule has 1 heterocycles. The van der Waals surface area contributed by atoms with Crippen LogP contribution in [0.25, 0.3) is 10.9 Å². The summed E-state index contributed by atoms with van der Waals surface area (Å²) in [6, 6.07) is 16.7. The standard InChI is InChI=1S/C32H43NO4/c1-5-7-13-31(26-17-15-25(16-18-26)22-24(3)4)37-21-19-30(34)28-23-33(20-10-14-32(35)36-6-2)29-12-9-8-11-27(28)29/h8-9,11-12,15-18,23-24,31H,5-7,10,13-14,19-22H2,1-4H3. The molecule has 3 aromatic rings. The number of ketones is 1. The van der Waals surface area contributed by atoms with Gasteiger partial charge in [0, 0.05) is 42.0 Å². The van der Waals surface area contributed by atoms with Crippen LogP contribution in [0, 0.1) is 5.92 Å². The normalized spacial score (nSPS) is 12.2. The summed E-state index contributed by atoms with van der Waals surface area (Å²) in [5, 5.41) is 0.951. The number of para-hydroxylation sites is 1. The van der Waals surface area contributed by atoms with Gasteiger partial charge >= 0.3 is 5.97 Å². The van der Waals surface area contributed by atoms with Crippen LogP contribution in [0.1, 0.15) is 93.8 Å². The minimum Gasteiger partial charge on any atom is -0.466 e. The SMILES string of the molecule is CCCCC(OCCC(=O)c1cn(CCCC(=O)OCC)c2ccccc12)c1ccc(CC(C)C)cc1. The number of fused-ring (bicyclic) bond motifs is 1. The summed E-state index contributed by atoms with van der Waals surface area (Å²) < 4.78 is 13.4. The summed E-state index contributed by atoms with van der Waals surface area (Å²) in [4.78, 5) is 25.0. The first-order chi connectivity index (χ1) is 17.9. The minimum atomic E-state index is -0.181. The van der Waals surface area contributed by atoms with E-state index in [4.69, 9.17) is 9.47 Å². The van der Waals surface area contributed by atoms with Crippen molar-refractivity contribution in [2.75, 3.05) is 13.2 Å². The van der Waals surface area contributed by atoms with Gasteiger partial charge in [0.25, 0.3) is 0 Å². The van der Waals surface area contributed by atoms with E-state index in [1.54, 1.807) is 0 Å². The topological polar surface area (TPSA) is 57.5 Å². The number of esters is 1. The lowest BCUT2D eigenvalue weighted by Gasteiger charge is -2.19. The van der Waals surface area contributed by atoms with Crippen LogP contribution in [0.5, 0.6) is 0 Å². The van der Waals surface area contributed by atoms with Gasteiger partial charge in [-0.1, -0.05) is 76.1 Å². The summed E-state index contributed by atoms with van der Waals surface area (Å²) in [5.41, 5.74) is 4.27. The number of ether oxygens (including phenoxy) is 2. The molecule has 1 unspecified atom stereocenters. The van der Waals surface area contributed by atoms with Crippen LogP contribution in [0.3, 0.4) is 0 Å². The highest BCUT2D eigenvalue weighted by Gasteiger charge is 2.17. The van der Waals surface area contributed by atoms with E-state index in [9.17, 15) is 9.59 Å². The molecule has 0 spiro atoms. The third-order valence-electron chi connectivity index (χ3n) is 6.64. The second-order valence-electron chi connectivity index (χ2n) is 10.2. The smallest absolute Gasteiger partial charge is 0.305 e. The zero-order chi connectivity index (χ0) is 26.6. The first-order valence-corrected chi connectivity index (χ1v) is 13.9. The summed E-state index contributed by atoms with van der Waals surface area (Å²) in [7, 11) is 0. The highest BCUT2D eigenvalue weighted by molar-refractivity contribution is 6.08. The maximum atomic E-state index is 13.3. The summed E-state index contributed by atoms with van der Waals surface area (Å²) in [6.07, 6.45) is 7.54. The molecule has 0 aliphatic rings. The Balaban J connectivity index is 1.63. The van der Waals surface area contributed by atoms with Crippen LogP contribution >= 0.6 is 0 Å². The van der Waals surface area contributed by atoms with Gasteiger partial charge in [0.1, 0.15) is 0 Å². The summed E-state index contributed by atoms with van der Waals surface area (Å²) in [6.45, 7) is 9.93. The molecule has 5 nitrogen and oxygen atoms in total. The number of rotatable bonds is 16. The fourth-order valence-corrected chi connectivity index (χ4v) is 4.78. The molecule has 0 bridgehead atoms. The zero-order valence-corrected chi connectivity index (χ0v) is 23.0. The van der Waals surface area contributed by atoms with Crippen molar-refractivity contribution in [2.24, 2.45) is 5.92 Å². The van der Waals surface area contributed by atoms with E-state index in [1.165, 1.54) is 11.1 Å². The molecule has 3 rings (SSSR count). The predicted octanol–water partition coefficient (Wildman–Crippen LogP) is 7.70. The third-order valence-corrected chi connectivity index (χ3v) is 6.64. The highest BCUT2D eigenvalue weighted by Crippen LogP contribution is 2.27. The molecule has 2 aromatic carbocycles. The molecule has 5 heteroatoms. The van der Waals surface area contributed by atoms with E-state index in [1.807, 2.05) is 37.4 Å². The Hall–Kier alpha value is -2.92. The lowest BCUT2D eigenvalue weighted by molar-refractivity contribution is -0.143. The molecular weight excluding hydrogens is 462 g/mol. The molecule has 0 fully saturated rings. The number of unbranched alkanes of at least 4 members (excludes halogenated alkanes) is 1. The number of benzene rings is 2. The Kier molecular flexibility index (Phi) is 11.4. The predicted molar refractivity (Wildman–Crippen MR) is 150 cm³/mol. The fraction of sp³-hybridized carbons (Fsp3) is 0.500. The Bertz CT molecular complexity index is 1130. The molecule has 1 atom stereocenters.